The molecule has 0 bridgehead atoms. The highest BCUT2D eigenvalue weighted by atomic mass is 35.5. The quantitative estimate of drug-likeness (QED) is 0.714. The van der Waals surface area contributed by atoms with E-state index in [4.69, 9.17) is 11.6 Å². The maximum atomic E-state index is 9.85. The van der Waals surface area contributed by atoms with E-state index in [1.807, 2.05) is 24.3 Å². The molecule has 1 atom stereocenters. The van der Waals surface area contributed by atoms with Crippen LogP contribution in [0.1, 0.15) is 17.2 Å². The zero-order valence-corrected chi connectivity index (χ0v) is 8.48. The van der Waals surface area contributed by atoms with E-state index in [1.165, 1.54) is 11.1 Å². The molecule has 0 radical (unpaired) electrons. The lowest BCUT2D eigenvalue weighted by molar-refractivity contribution is 0.223. The van der Waals surface area contributed by atoms with Crippen molar-refractivity contribution in [3.8, 4) is 0 Å². The molecule has 0 spiro atoms. The molecule has 1 N–H and O–H groups in total. The first-order valence-corrected chi connectivity index (χ1v) is 5.44. The zero-order valence-electron chi connectivity index (χ0n) is 6.90. The van der Waals surface area contributed by atoms with Crippen molar-refractivity contribution in [1.29, 1.82) is 0 Å². The summed E-state index contributed by atoms with van der Waals surface area (Å²) in [7, 11) is 0. The molecule has 1 unspecified atom stereocenters. The van der Waals surface area contributed by atoms with Crippen molar-refractivity contribution >= 4 is 23.4 Å². The molecule has 1 aromatic carbocycles. The van der Waals surface area contributed by atoms with Gasteiger partial charge in [0.2, 0.25) is 0 Å². The molecule has 0 saturated heterocycles. The Morgan fingerprint density at radius 2 is 2.23 bits per heavy atom. The van der Waals surface area contributed by atoms with Gasteiger partial charge in [0.25, 0.3) is 0 Å². The number of halogens is 1. The van der Waals surface area contributed by atoms with Gasteiger partial charge in [0.15, 0.2) is 0 Å². The van der Waals surface area contributed by atoms with Crippen LogP contribution in [-0.2, 0) is 5.75 Å². The van der Waals surface area contributed by atoms with Crippen molar-refractivity contribution in [1.82, 2.24) is 0 Å². The van der Waals surface area contributed by atoms with Gasteiger partial charge in [-0.1, -0.05) is 35.9 Å². The second-order valence-electron chi connectivity index (χ2n) is 2.90. The lowest BCUT2D eigenvalue weighted by Gasteiger charge is -2.22. The average Bonchev–Trinajstić information content (AvgIpc) is 2.19. The van der Waals surface area contributed by atoms with Crippen molar-refractivity contribution < 1.29 is 5.11 Å². The van der Waals surface area contributed by atoms with E-state index in [2.05, 4.69) is 0 Å². The van der Waals surface area contributed by atoms with Gasteiger partial charge in [-0.05, 0) is 11.1 Å². The molecule has 0 aromatic heterocycles. The Kier molecular flexibility index (Phi) is 2.63. The Balaban J connectivity index is 2.45. The number of benzene rings is 1. The van der Waals surface area contributed by atoms with Crippen molar-refractivity contribution in [2.75, 3.05) is 0 Å². The molecule has 0 fully saturated rings. The van der Waals surface area contributed by atoms with Crippen LogP contribution < -0.4 is 0 Å². The predicted octanol–water partition coefficient (Wildman–Crippen LogP) is 3.05. The third-order valence-electron chi connectivity index (χ3n) is 2.12. The zero-order chi connectivity index (χ0) is 9.26. The van der Waals surface area contributed by atoms with Crippen LogP contribution in [0.5, 0.6) is 0 Å². The Hall–Kier alpha value is -0.440. The third kappa shape index (κ3) is 1.62. The second kappa shape index (κ2) is 3.74. The number of hydrogen-bond donors (Lipinski definition) is 1. The minimum atomic E-state index is -0.535. The predicted molar refractivity (Wildman–Crippen MR) is 56.6 cm³/mol. The van der Waals surface area contributed by atoms with Crippen molar-refractivity contribution in [2.24, 2.45) is 0 Å². The fourth-order valence-corrected chi connectivity index (χ4v) is 2.66. The lowest BCUT2D eigenvalue weighted by atomic mass is 10.0. The molecule has 0 saturated carbocycles. The highest BCUT2D eigenvalue weighted by molar-refractivity contribution is 8.02. The van der Waals surface area contributed by atoms with Gasteiger partial charge in [-0.25, -0.2) is 0 Å². The molecular formula is C10H9ClOS. The largest absolute Gasteiger partial charge is 0.383 e. The van der Waals surface area contributed by atoms with Crippen LogP contribution in [0.2, 0.25) is 0 Å². The van der Waals surface area contributed by atoms with Crippen LogP contribution in [-0.4, -0.2) is 5.11 Å². The van der Waals surface area contributed by atoms with E-state index in [1.54, 1.807) is 11.8 Å². The van der Waals surface area contributed by atoms with Crippen molar-refractivity contribution in [2.45, 2.75) is 11.9 Å². The fraction of sp³-hybridized carbons (Fsp3) is 0.200. The van der Waals surface area contributed by atoms with Gasteiger partial charge >= 0.3 is 0 Å². The van der Waals surface area contributed by atoms with Gasteiger partial charge in [-0.2, -0.15) is 0 Å². The number of thioether (sulfide) groups is 1. The first-order valence-electron chi connectivity index (χ1n) is 4.02. The van der Waals surface area contributed by atoms with Gasteiger partial charge in [0.1, 0.15) is 6.10 Å². The summed E-state index contributed by atoms with van der Waals surface area (Å²) in [5.74, 6) is 0.895. The van der Waals surface area contributed by atoms with Gasteiger partial charge in [0.05, 0.1) is 0 Å². The standard InChI is InChI=1S/C10H9ClOS/c11-5-9-10(12)8-4-2-1-3-7(8)6-13-9/h1-5,10,12H,6H2/b9-5-. The number of rotatable bonds is 0. The third-order valence-corrected chi connectivity index (χ3v) is 3.62. The Morgan fingerprint density at radius 3 is 3.00 bits per heavy atom. The summed E-state index contributed by atoms with van der Waals surface area (Å²) >= 11 is 7.19. The summed E-state index contributed by atoms with van der Waals surface area (Å²) in [4.78, 5) is 0.834. The van der Waals surface area contributed by atoms with Gasteiger partial charge < -0.3 is 5.11 Å². The van der Waals surface area contributed by atoms with Gasteiger partial charge in [0, 0.05) is 16.2 Å². The number of aliphatic hydroxyl groups excluding tert-OH is 1. The molecule has 1 nitrogen and oxygen atoms in total. The van der Waals surface area contributed by atoms with Crippen LogP contribution in [0, 0.1) is 0 Å². The van der Waals surface area contributed by atoms with Crippen molar-refractivity contribution in [3.05, 3.63) is 45.8 Å². The molecule has 2 rings (SSSR count). The number of aliphatic hydroxyl groups is 1. The molecule has 0 aliphatic carbocycles. The summed E-state index contributed by atoms with van der Waals surface area (Å²) in [6.07, 6.45) is -0.535. The Labute approximate surface area is 86.4 Å². The van der Waals surface area contributed by atoms with Crippen LogP contribution >= 0.6 is 23.4 Å². The average molecular weight is 213 g/mol. The van der Waals surface area contributed by atoms with Crippen LogP contribution in [0.4, 0.5) is 0 Å². The Bertz CT molecular complexity index is 349. The normalized spacial score (nSPS) is 24.5. The molecule has 68 valence electrons. The molecule has 1 aromatic rings. The van der Waals surface area contributed by atoms with Crippen molar-refractivity contribution in [3.63, 3.8) is 0 Å². The first kappa shape index (κ1) is 9.13. The molecule has 1 heterocycles. The van der Waals surface area contributed by atoms with E-state index in [0.29, 0.717) is 0 Å². The summed E-state index contributed by atoms with van der Waals surface area (Å²) in [5, 5.41) is 9.85. The summed E-state index contributed by atoms with van der Waals surface area (Å²) in [6.45, 7) is 0. The fourth-order valence-electron chi connectivity index (χ4n) is 1.42. The SMILES string of the molecule is OC1/C(=C/Cl)SCc2ccccc21. The lowest BCUT2D eigenvalue weighted by Crippen LogP contribution is -2.07. The number of hydrogen-bond acceptors (Lipinski definition) is 2. The van der Waals surface area contributed by atoms with Gasteiger partial charge in [-0.15, -0.1) is 11.8 Å². The maximum Gasteiger partial charge on any atom is 0.111 e. The van der Waals surface area contributed by atoms with E-state index >= 15 is 0 Å². The minimum absolute atomic E-state index is 0.535. The van der Waals surface area contributed by atoms with Crippen LogP contribution in [0.25, 0.3) is 0 Å². The molecule has 13 heavy (non-hydrogen) atoms. The molecule has 1 aliphatic heterocycles. The van der Waals surface area contributed by atoms with E-state index in [9.17, 15) is 5.11 Å². The van der Waals surface area contributed by atoms with Crippen LogP contribution in [0.3, 0.4) is 0 Å². The second-order valence-corrected chi connectivity index (χ2v) is 4.17. The van der Waals surface area contributed by atoms with E-state index in [0.717, 1.165) is 16.2 Å². The summed E-state index contributed by atoms with van der Waals surface area (Å²) < 4.78 is 0. The highest BCUT2D eigenvalue weighted by Crippen LogP contribution is 2.40. The topological polar surface area (TPSA) is 20.2 Å². The first-order chi connectivity index (χ1) is 6.33. The molecular weight excluding hydrogens is 204 g/mol. The number of fused-ring (bicyclic) bond motifs is 1. The van der Waals surface area contributed by atoms with Crippen LogP contribution in [0.15, 0.2) is 34.7 Å². The smallest absolute Gasteiger partial charge is 0.111 e. The summed E-state index contributed by atoms with van der Waals surface area (Å²) in [5.41, 5.74) is 3.64. The molecule has 3 heteroatoms. The molecule has 1 aliphatic rings. The highest BCUT2D eigenvalue weighted by Gasteiger charge is 2.21. The van der Waals surface area contributed by atoms with Gasteiger partial charge in [-0.3, -0.25) is 0 Å². The summed E-state index contributed by atoms with van der Waals surface area (Å²) in [6, 6.07) is 7.90. The minimum Gasteiger partial charge on any atom is -0.383 e. The van der Waals surface area contributed by atoms with E-state index < -0.39 is 6.10 Å². The maximum absolute atomic E-state index is 9.85. The van der Waals surface area contributed by atoms with E-state index in [-0.39, 0.29) is 0 Å². The molecule has 0 amide bonds. The monoisotopic (exact) mass is 212 g/mol. The Morgan fingerprint density at radius 1 is 1.46 bits per heavy atom.